The third kappa shape index (κ3) is 2.39. The van der Waals surface area contributed by atoms with Crippen LogP contribution in [0.3, 0.4) is 0 Å². The van der Waals surface area contributed by atoms with E-state index >= 15 is 0 Å². The molecule has 0 atom stereocenters. The van der Waals surface area contributed by atoms with E-state index in [4.69, 9.17) is 0 Å². The Kier molecular flexibility index (Phi) is 3.89. The molecule has 1 fully saturated rings. The molecule has 3 nitrogen and oxygen atoms in total. The van der Waals surface area contributed by atoms with Gasteiger partial charge in [0.15, 0.2) is 0 Å². The van der Waals surface area contributed by atoms with Crippen molar-refractivity contribution in [3.05, 3.63) is 0 Å². The Balaban J connectivity index is 2.86. The van der Waals surface area contributed by atoms with Crippen molar-refractivity contribution < 1.29 is 9.59 Å². The second-order valence-corrected chi connectivity index (χ2v) is 4.62. The Morgan fingerprint density at radius 2 is 1.47 bits per heavy atom. The highest BCUT2D eigenvalue weighted by atomic mass is 16.2. The summed E-state index contributed by atoms with van der Waals surface area (Å²) in [6.45, 7) is 6.24. The molecule has 15 heavy (non-hydrogen) atoms. The number of imide groups is 1. The summed E-state index contributed by atoms with van der Waals surface area (Å²) in [6.07, 6.45) is 4.65. The van der Waals surface area contributed by atoms with Crippen molar-refractivity contribution in [1.82, 2.24) is 4.90 Å². The smallest absolute Gasteiger partial charge is 0.230 e. The van der Waals surface area contributed by atoms with Gasteiger partial charge in [-0.05, 0) is 19.8 Å². The molecular formula is C12H21NO2. The third-order valence-corrected chi connectivity index (χ3v) is 3.17. The molecule has 2 amide bonds. The van der Waals surface area contributed by atoms with Crippen LogP contribution in [0.2, 0.25) is 0 Å². The normalized spacial score (nSPS) is 17.7. The number of carbonyl (C=O) groups is 2. The van der Waals surface area contributed by atoms with Crippen molar-refractivity contribution in [2.24, 2.45) is 0 Å². The minimum Gasteiger partial charge on any atom is -0.277 e. The van der Waals surface area contributed by atoms with E-state index in [0.29, 0.717) is 12.8 Å². The molecule has 0 radical (unpaired) electrons. The van der Waals surface area contributed by atoms with Gasteiger partial charge >= 0.3 is 0 Å². The number of rotatable bonds is 5. The Morgan fingerprint density at radius 3 is 1.80 bits per heavy atom. The number of carbonyl (C=O) groups excluding carboxylic acids is 2. The zero-order valence-electron chi connectivity index (χ0n) is 10.0. The first-order valence-electron chi connectivity index (χ1n) is 5.91. The van der Waals surface area contributed by atoms with E-state index in [2.05, 4.69) is 13.8 Å². The van der Waals surface area contributed by atoms with Crippen LogP contribution in [0.25, 0.3) is 0 Å². The van der Waals surface area contributed by atoms with Gasteiger partial charge in [0.1, 0.15) is 0 Å². The Bertz CT molecular complexity index is 238. The van der Waals surface area contributed by atoms with Crippen LogP contribution in [0.4, 0.5) is 0 Å². The molecule has 1 rings (SSSR count). The number of hydrogen-bond acceptors (Lipinski definition) is 2. The lowest BCUT2D eigenvalue weighted by Crippen LogP contribution is -2.49. The number of nitrogens with zero attached hydrogens (tertiary/aromatic N) is 1. The molecule has 0 bridgehead atoms. The van der Waals surface area contributed by atoms with Gasteiger partial charge in [-0.2, -0.15) is 0 Å². The van der Waals surface area contributed by atoms with Crippen LogP contribution < -0.4 is 0 Å². The lowest BCUT2D eigenvalue weighted by Gasteiger charge is -2.37. The summed E-state index contributed by atoms with van der Waals surface area (Å²) < 4.78 is 0. The molecule has 1 saturated heterocycles. The van der Waals surface area contributed by atoms with E-state index in [0.717, 1.165) is 25.7 Å². The van der Waals surface area contributed by atoms with E-state index in [-0.39, 0.29) is 17.4 Å². The molecule has 1 aliphatic heterocycles. The average Bonchev–Trinajstić information content (AvgIpc) is 2.47. The molecule has 1 aliphatic rings. The second-order valence-electron chi connectivity index (χ2n) is 4.62. The van der Waals surface area contributed by atoms with Gasteiger partial charge in [0.05, 0.1) is 0 Å². The zero-order valence-corrected chi connectivity index (χ0v) is 10.0. The molecule has 0 N–H and O–H groups in total. The average molecular weight is 211 g/mol. The summed E-state index contributed by atoms with van der Waals surface area (Å²) in [6, 6.07) is 0. The van der Waals surface area contributed by atoms with Gasteiger partial charge in [-0.25, -0.2) is 0 Å². The van der Waals surface area contributed by atoms with Crippen molar-refractivity contribution in [1.29, 1.82) is 0 Å². The van der Waals surface area contributed by atoms with Crippen LogP contribution in [0, 0.1) is 0 Å². The first-order valence-corrected chi connectivity index (χ1v) is 5.91. The van der Waals surface area contributed by atoms with Gasteiger partial charge in [-0.1, -0.05) is 26.7 Å². The van der Waals surface area contributed by atoms with Crippen molar-refractivity contribution in [3.8, 4) is 0 Å². The maximum absolute atomic E-state index is 11.7. The predicted octanol–water partition coefficient (Wildman–Crippen LogP) is 2.49. The molecule has 0 aromatic rings. The fraction of sp³-hybridized carbons (Fsp3) is 0.833. The largest absolute Gasteiger partial charge is 0.277 e. The summed E-state index contributed by atoms with van der Waals surface area (Å²) in [7, 11) is 0. The van der Waals surface area contributed by atoms with E-state index < -0.39 is 0 Å². The van der Waals surface area contributed by atoms with E-state index in [1.165, 1.54) is 4.90 Å². The van der Waals surface area contributed by atoms with Gasteiger partial charge in [-0.3, -0.25) is 14.5 Å². The molecule has 0 aliphatic carbocycles. The topological polar surface area (TPSA) is 37.4 Å². The minimum atomic E-state index is -0.242. The standard InChI is InChI=1S/C12H21NO2/c1-4-8-12(3,9-5-2)13-10(14)6-7-11(13)15/h4-9H2,1-3H3. The van der Waals surface area contributed by atoms with Crippen LogP contribution in [-0.4, -0.2) is 22.3 Å². The highest BCUT2D eigenvalue weighted by Gasteiger charge is 2.41. The summed E-state index contributed by atoms with van der Waals surface area (Å²) in [4.78, 5) is 24.9. The van der Waals surface area contributed by atoms with Gasteiger partial charge in [0, 0.05) is 18.4 Å². The molecule has 0 spiro atoms. The summed E-state index contributed by atoms with van der Waals surface area (Å²) in [5.74, 6) is 0.0359. The van der Waals surface area contributed by atoms with Gasteiger partial charge < -0.3 is 0 Å². The molecule has 3 heteroatoms. The Morgan fingerprint density at radius 1 is 1.07 bits per heavy atom. The van der Waals surface area contributed by atoms with Gasteiger partial charge in [0.25, 0.3) is 0 Å². The number of hydrogen-bond donors (Lipinski definition) is 0. The van der Waals surface area contributed by atoms with Crippen molar-refractivity contribution in [2.45, 2.75) is 64.8 Å². The van der Waals surface area contributed by atoms with Crippen LogP contribution in [0.1, 0.15) is 59.3 Å². The summed E-state index contributed by atoms with van der Waals surface area (Å²) >= 11 is 0. The van der Waals surface area contributed by atoms with Crippen LogP contribution in [0.5, 0.6) is 0 Å². The predicted molar refractivity (Wildman–Crippen MR) is 59.3 cm³/mol. The van der Waals surface area contributed by atoms with Crippen LogP contribution >= 0.6 is 0 Å². The summed E-state index contributed by atoms with van der Waals surface area (Å²) in [5, 5.41) is 0. The quantitative estimate of drug-likeness (QED) is 0.655. The minimum absolute atomic E-state index is 0.0180. The monoisotopic (exact) mass is 211 g/mol. The lowest BCUT2D eigenvalue weighted by atomic mass is 9.89. The van der Waals surface area contributed by atoms with Gasteiger partial charge in [-0.15, -0.1) is 0 Å². The third-order valence-electron chi connectivity index (χ3n) is 3.17. The Hall–Kier alpha value is -0.860. The highest BCUT2D eigenvalue weighted by molar-refractivity contribution is 6.02. The van der Waals surface area contributed by atoms with Crippen molar-refractivity contribution >= 4 is 11.8 Å². The molecule has 0 unspecified atom stereocenters. The molecule has 0 aromatic heterocycles. The fourth-order valence-electron chi connectivity index (χ4n) is 2.60. The highest BCUT2D eigenvalue weighted by Crippen LogP contribution is 2.31. The van der Waals surface area contributed by atoms with Crippen molar-refractivity contribution in [2.75, 3.05) is 0 Å². The number of likely N-dealkylation sites (tertiary alicyclic amines) is 1. The molecule has 0 aromatic carbocycles. The maximum atomic E-state index is 11.7. The summed E-state index contributed by atoms with van der Waals surface area (Å²) in [5.41, 5.74) is -0.242. The van der Waals surface area contributed by atoms with Crippen LogP contribution in [-0.2, 0) is 9.59 Å². The maximum Gasteiger partial charge on any atom is 0.230 e. The molecule has 86 valence electrons. The number of amides is 2. The fourth-order valence-corrected chi connectivity index (χ4v) is 2.60. The SMILES string of the molecule is CCCC(C)(CCC)N1C(=O)CCC1=O. The Labute approximate surface area is 91.8 Å². The first kappa shape index (κ1) is 12.2. The zero-order chi connectivity index (χ0) is 11.5. The molecular weight excluding hydrogens is 190 g/mol. The second kappa shape index (κ2) is 4.77. The first-order chi connectivity index (χ1) is 7.05. The molecule has 1 heterocycles. The van der Waals surface area contributed by atoms with E-state index in [1.807, 2.05) is 6.92 Å². The molecule has 0 saturated carbocycles. The van der Waals surface area contributed by atoms with Crippen molar-refractivity contribution in [3.63, 3.8) is 0 Å². The van der Waals surface area contributed by atoms with Gasteiger partial charge in [0.2, 0.25) is 11.8 Å². The van der Waals surface area contributed by atoms with E-state index in [1.54, 1.807) is 0 Å². The van der Waals surface area contributed by atoms with E-state index in [9.17, 15) is 9.59 Å². The van der Waals surface area contributed by atoms with Crippen LogP contribution in [0.15, 0.2) is 0 Å². The lowest BCUT2D eigenvalue weighted by molar-refractivity contribution is -0.145.